The summed E-state index contributed by atoms with van der Waals surface area (Å²) in [5, 5.41) is 19.8. The summed E-state index contributed by atoms with van der Waals surface area (Å²) < 4.78 is 0. The number of hydrogen-bond donors (Lipinski definition) is 1. The topological polar surface area (TPSA) is 89.2 Å². The summed E-state index contributed by atoms with van der Waals surface area (Å²) in [7, 11) is 0. The number of nitrogens with zero attached hydrogens (tertiary/aromatic N) is 3. The zero-order valence-corrected chi connectivity index (χ0v) is 8.46. The first-order valence-electron chi connectivity index (χ1n) is 4.77. The lowest BCUT2D eigenvalue weighted by Crippen LogP contribution is -2.12. The van der Waals surface area contributed by atoms with E-state index in [2.05, 4.69) is 9.97 Å². The van der Waals surface area contributed by atoms with Gasteiger partial charge >= 0.3 is 5.69 Å². The smallest absolute Gasteiger partial charge is 0.305 e. The molecule has 0 aromatic carbocycles. The van der Waals surface area contributed by atoms with Crippen molar-refractivity contribution >= 4 is 5.69 Å². The summed E-state index contributed by atoms with van der Waals surface area (Å²) in [5.41, 5.74) is -0.135. The van der Waals surface area contributed by atoms with E-state index in [4.69, 9.17) is 0 Å². The Morgan fingerprint density at radius 2 is 2.13 bits per heavy atom. The molecule has 1 aromatic rings. The molecule has 0 aliphatic heterocycles. The van der Waals surface area contributed by atoms with Gasteiger partial charge in [-0.25, -0.2) is 9.97 Å². The molecule has 6 heteroatoms. The van der Waals surface area contributed by atoms with Crippen molar-refractivity contribution in [3.8, 4) is 0 Å². The minimum atomic E-state index is -0.549. The van der Waals surface area contributed by atoms with Crippen LogP contribution in [-0.2, 0) is 6.42 Å². The van der Waals surface area contributed by atoms with E-state index >= 15 is 0 Å². The Balaban J connectivity index is 2.60. The third-order valence-corrected chi connectivity index (χ3v) is 1.94. The SMILES string of the molecule is CCCC(O)Cc1ncc([N+](=O)[O-])cn1. The van der Waals surface area contributed by atoms with Crippen LogP contribution in [0.4, 0.5) is 5.69 Å². The minimum Gasteiger partial charge on any atom is -0.393 e. The van der Waals surface area contributed by atoms with Gasteiger partial charge in [0.05, 0.1) is 11.0 Å². The number of nitro groups is 1. The molecule has 0 bridgehead atoms. The van der Waals surface area contributed by atoms with Gasteiger partial charge in [-0.2, -0.15) is 0 Å². The van der Waals surface area contributed by atoms with E-state index in [0.29, 0.717) is 18.7 Å². The van der Waals surface area contributed by atoms with Crippen molar-refractivity contribution in [2.45, 2.75) is 32.3 Å². The number of aromatic nitrogens is 2. The van der Waals surface area contributed by atoms with Gasteiger partial charge in [0.15, 0.2) is 0 Å². The number of rotatable bonds is 5. The van der Waals surface area contributed by atoms with Crippen LogP contribution in [0.3, 0.4) is 0 Å². The molecule has 1 aromatic heterocycles. The lowest BCUT2D eigenvalue weighted by atomic mass is 10.1. The molecule has 0 amide bonds. The lowest BCUT2D eigenvalue weighted by Gasteiger charge is -2.06. The van der Waals surface area contributed by atoms with E-state index in [1.54, 1.807) is 0 Å². The molecule has 0 spiro atoms. The van der Waals surface area contributed by atoms with E-state index in [0.717, 1.165) is 18.8 Å². The molecule has 6 nitrogen and oxygen atoms in total. The summed E-state index contributed by atoms with van der Waals surface area (Å²) in [4.78, 5) is 17.4. The van der Waals surface area contributed by atoms with Crippen LogP contribution < -0.4 is 0 Å². The Kier molecular flexibility index (Phi) is 4.11. The van der Waals surface area contributed by atoms with Crippen molar-refractivity contribution in [1.82, 2.24) is 9.97 Å². The standard InChI is InChI=1S/C9H13N3O3/c1-2-3-8(13)4-9-10-5-7(6-11-9)12(14)15/h5-6,8,13H,2-4H2,1H3. The highest BCUT2D eigenvalue weighted by Crippen LogP contribution is 2.08. The number of hydrogen-bond acceptors (Lipinski definition) is 5. The van der Waals surface area contributed by atoms with E-state index in [1.165, 1.54) is 0 Å². The summed E-state index contributed by atoms with van der Waals surface area (Å²) >= 11 is 0. The highest BCUT2D eigenvalue weighted by Gasteiger charge is 2.09. The molecule has 1 atom stereocenters. The maximum Gasteiger partial charge on any atom is 0.305 e. The minimum absolute atomic E-state index is 0.135. The van der Waals surface area contributed by atoms with Crippen molar-refractivity contribution in [2.24, 2.45) is 0 Å². The molecule has 0 saturated carbocycles. The normalized spacial score (nSPS) is 12.4. The van der Waals surface area contributed by atoms with E-state index < -0.39 is 11.0 Å². The molecular formula is C9H13N3O3. The second-order valence-electron chi connectivity index (χ2n) is 3.26. The lowest BCUT2D eigenvalue weighted by molar-refractivity contribution is -0.385. The molecule has 0 saturated heterocycles. The van der Waals surface area contributed by atoms with Gasteiger partial charge in [0.2, 0.25) is 0 Å². The predicted octanol–water partition coefficient (Wildman–Crippen LogP) is 1.09. The molecule has 0 radical (unpaired) electrons. The van der Waals surface area contributed by atoms with E-state index in [9.17, 15) is 15.2 Å². The van der Waals surface area contributed by atoms with Crippen LogP contribution in [-0.4, -0.2) is 26.1 Å². The molecule has 0 aliphatic carbocycles. The van der Waals surface area contributed by atoms with Gasteiger partial charge in [0.25, 0.3) is 0 Å². The van der Waals surface area contributed by atoms with Gasteiger partial charge in [0.1, 0.15) is 18.2 Å². The van der Waals surface area contributed by atoms with Gasteiger partial charge < -0.3 is 5.11 Å². The van der Waals surface area contributed by atoms with Gasteiger partial charge in [-0.15, -0.1) is 0 Å². The predicted molar refractivity (Wildman–Crippen MR) is 53.3 cm³/mol. The molecule has 0 aliphatic rings. The van der Waals surface area contributed by atoms with Crippen LogP contribution in [0.15, 0.2) is 12.4 Å². The second-order valence-corrected chi connectivity index (χ2v) is 3.26. The second kappa shape index (κ2) is 5.35. The summed E-state index contributed by atoms with van der Waals surface area (Å²) in [6.45, 7) is 1.97. The fourth-order valence-electron chi connectivity index (χ4n) is 1.19. The van der Waals surface area contributed by atoms with Gasteiger partial charge in [-0.1, -0.05) is 13.3 Å². The Morgan fingerprint density at radius 3 is 2.60 bits per heavy atom. The largest absolute Gasteiger partial charge is 0.393 e. The third kappa shape index (κ3) is 3.59. The Morgan fingerprint density at radius 1 is 1.53 bits per heavy atom. The summed E-state index contributed by atoms with van der Waals surface area (Å²) in [6, 6.07) is 0. The number of aliphatic hydroxyl groups excluding tert-OH is 1. The Hall–Kier alpha value is -1.56. The van der Waals surface area contributed by atoms with Gasteiger partial charge in [0, 0.05) is 6.42 Å². The van der Waals surface area contributed by atoms with Crippen LogP contribution in [0.25, 0.3) is 0 Å². The molecule has 1 unspecified atom stereocenters. The first kappa shape index (κ1) is 11.5. The highest BCUT2D eigenvalue weighted by molar-refractivity contribution is 5.20. The van der Waals surface area contributed by atoms with Crippen molar-refractivity contribution < 1.29 is 10.0 Å². The van der Waals surface area contributed by atoms with Crippen molar-refractivity contribution in [1.29, 1.82) is 0 Å². The fraction of sp³-hybridized carbons (Fsp3) is 0.556. The van der Waals surface area contributed by atoms with Crippen molar-refractivity contribution in [2.75, 3.05) is 0 Å². The first-order chi connectivity index (χ1) is 7.13. The van der Waals surface area contributed by atoms with Crippen LogP contribution >= 0.6 is 0 Å². The van der Waals surface area contributed by atoms with Crippen LogP contribution in [0.5, 0.6) is 0 Å². The quantitative estimate of drug-likeness (QED) is 0.581. The fourth-order valence-corrected chi connectivity index (χ4v) is 1.19. The zero-order chi connectivity index (χ0) is 11.3. The molecule has 1 N–H and O–H groups in total. The first-order valence-corrected chi connectivity index (χ1v) is 4.77. The van der Waals surface area contributed by atoms with E-state index in [-0.39, 0.29) is 5.69 Å². The zero-order valence-electron chi connectivity index (χ0n) is 8.46. The molecule has 1 rings (SSSR count). The maximum absolute atomic E-state index is 10.3. The van der Waals surface area contributed by atoms with Gasteiger partial charge in [-0.3, -0.25) is 10.1 Å². The molecule has 0 fully saturated rings. The molecular weight excluding hydrogens is 198 g/mol. The van der Waals surface area contributed by atoms with Crippen LogP contribution in [0.2, 0.25) is 0 Å². The van der Waals surface area contributed by atoms with E-state index in [1.807, 2.05) is 6.92 Å². The van der Waals surface area contributed by atoms with Crippen molar-refractivity contribution in [3.63, 3.8) is 0 Å². The van der Waals surface area contributed by atoms with Crippen LogP contribution in [0, 0.1) is 10.1 Å². The molecule has 1 heterocycles. The van der Waals surface area contributed by atoms with Crippen LogP contribution in [0.1, 0.15) is 25.6 Å². The third-order valence-electron chi connectivity index (χ3n) is 1.94. The Labute approximate surface area is 87.1 Å². The number of aliphatic hydroxyl groups is 1. The molecule has 82 valence electrons. The highest BCUT2D eigenvalue weighted by atomic mass is 16.6. The summed E-state index contributed by atoms with van der Waals surface area (Å²) in [6.07, 6.45) is 3.74. The maximum atomic E-state index is 10.3. The van der Waals surface area contributed by atoms with Gasteiger partial charge in [-0.05, 0) is 6.42 Å². The Bertz CT molecular complexity index is 326. The average Bonchev–Trinajstić information content (AvgIpc) is 2.18. The molecule has 15 heavy (non-hydrogen) atoms. The summed E-state index contributed by atoms with van der Waals surface area (Å²) in [5.74, 6) is 0.432. The monoisotopic (exact) mass is 211 g/mol. The van der Waals surface area contributed by atoms with Crippen molar-refractivity contribution in [3.05, 3.63) is 28.3 Å². The average molecular weight is 211 g/mol.